The van der Waals surface area contributed by atoms with Crippen LogP contribution in [0.3, 0.4) is 0 Å². The average Bonchev–Trinajstić information content (AvgIpc) is 2.35. The molecular formula is C12H20N4O. The van der Waals surface area contributed by atoms with Gasteiger partial charge in [0, 0.05) is 13.0 Å². The number of aromatic nitrogens is 1. The molecule has 0 radical (unpaired) electrons. The van der Waals surface area contributed by atoms with E-state index < -0.39 is 0 Å². The van der Waals surface area contributed by atoms with Crippen LogP contribution in [0.2, 0.25) is 0 Å². The maximum Gasteiger partial charge on any atom is 0.224 e. The summed E-state index contributed by atoms with van der Waals surface area (Å²) in [7, 11) is 0. The Kier molecular flexibility index (Phi) is 6.03. The lowest BCUT2D eigenvalue weighted by Gasteiger charge is -2.06. The molecule has 0 aromatic carbocycles. The Morgan fingerprint density at radius 2 is 2.29 bits per heavy atom. The molecule has 5 heteroatoms. The van der Waals surface area contributed by atoms with Crippen molar-refractivity contribution in [1.82, 2.24) is 4.98 Å². The highest BCUT2D eigenvalue weighted by atomic mass is 16.1. The normalized spacial score (nSPS) is 10.0. The molecule has 0 saturated carbocycles. The third-order valence-corrected chi connectivity index (χ3v) is 2.21. The summed E-state index contributed by atoms with van der Waals surface area (Å²) >= 11 is 0. The summed E-state index contributed by atoms with van der Waals surface area (Å²) in [4.78, 5) is 15.6. The smallest absolute Gasteiger partial charge is 0.224 e. The second-order valence-electron chi connectivity index (χ2n) is 3.80. The Morgan fingerprint density at radius 3 is 2.88 bits per heavy atom. The number of amides is 1. The van der Waals surface area contributed by atoms with E-state index >= 15 is 0 Å². The second-order valence-corrected chi connectivity index (χ2v) is 3.80. The number of carbonyl (C=O) groups is 1. The standard InChI is InChI=1S/C12H20N4O/c1-2-8-14-11-6-5-10(9-15-11)16-12(17)4-3-7-13/h5-6,9H,2-4,7-8,13H2,1H3,(H,14,15)(H,16,17). The van der Waals surface area contributed by atoms with Gasteiger partial charge in [-0.3, -0.25) is 4.79 Å². The molecule has 0 aliphatic heterocycles. The summed E-state index contributed by atoms with van der Waals surface area (Å²) < 4.78 is 0. The zero-order valence-corrected chi connectivity index (χ0v) is 10.2. The fourth-order valence-corrected chi connectivity index (χ4v) is 1.31. The largest absolute Gasteiger partial charge is 0.370 e. The van der Waals surface area contributed by atoms with Gasteiger partial charge < -0.3 is 16.4 Å². The van der Waals surface area contributed by atoms with Crippen LogP contribution in [0, 0.1) is 0 Å². The van der Waals surface area contributed by atoms with Crippen molar-refractivity contribution in [2.24, 2.45) is 5.73 Å². The van der Waals surface area contributed by atoms with Gasteiger partial charge in [-0.15, -0.1) is 0 Å². The van der Waals surface area contributed by atoms with Crippen LogP contribution in [-0.4, -0.2) is 24.0 Å². The molecule has 0 atom stereocenters. The summed E-state index contributed by atoms with van der Waals surface area (Å²) in [5.74, 6) is 0.804. The molecule has 5 nitrogen and oxygen atoms in total. The van der Waals surface area contributed by atoms with Crippen LogP contribution in [0.4, 0.5) is 11.5 Å². The number of hydrogen-bond donors (Lipinski definition) is 3. The molecule has 4 N–H and O–H groups in total. The van der Waals surface area contributed by atoms with Crippen LogP contribution >= 0.6 is 0 Å². The molecule has 0 spiro atoms. The van der Waals surface area contributed by atoms with E-state index in [0.717, 1.165) is 18.8 Å². The molecule has 0 aliphatic rings. The van der Waals surface area contributed by atoms with Crippen molar-refractivity contribution in [2.45, 2.75) is 26.2 Å². The van der Waals surface area contributed by atoms with E-state index in [1.165, 1.54) is 0 Å². The molecule has 0 bridgehead atoms. The first-order valence-electron chi connectivity index (χ1n) is 5.96. The van der Waals surface area contributed by atoms with Gasteiger partial charge in [-0.2, -0.15) is 0 Å². The van der Waals surface area contributed by atoms with E-state index in [2.05, 4.69) is 22.5 Å². The molecule has 94 valence electrons. The van der Waals surface area contributed by atoms with Crippen molar-refractivity contribution in [3.8, 4) is 0 Å². The first-order chi connectivity index (χ1) is 8.26. The van der Waals surface area contributed by atoms with E-state index in [1.54, 1.807) is 6.20 Å². The van der Waals surface area contributed by atoms with Crippen molar-refractivity contribution in [3.05, 3.63) is 18.3 Å². The fourth-order valence-electron chi connectivity index (χ4n) is 1.31. The molecule has 17 heavy (non-hydrogen) atoms. The highest BCUT2D eigenvalue weighted by Crippen LogP contribution is 2.10. The van der Waals surface area contributed by atoms with Crippen LogP contribution in [0.5, 0.6) is 0 Å². The zero-order valence-electron chi connectivity index (χ0n) is 10.2. The van der Waals surface area contributed by atoms with Gasteiger partial charge in [0.05, 0.1) is 11.9 Å². The molecule has 0 saturated heterocycles. The van der Waals surface area contributed by atoms with Gasteiger partial charge in [0.1, 0.15) is 5.82 Å². The molecule has 0 aliphatic carbocycles. The van der Waals surface area contributed by atoms with Crippen molar-refractivity contribution in [3.63, 3.8) is 0 Å². The number of nitrogens with zero attached hydrogens (tertiary/aromatic N) is 1. The van der Waals surface area contributed by atoms with E-state index in [-0.39, 0.29) is 5.91 Å². The summed E-state index contributed by atoms with van der Waals surface area (Å²) in [5.41, 5.74) is 6.05. The van der Waals surface area contributed by atoms with Crippen molar-refractivity contribution >= 4 is 17.4 Å². The monoisotopic (exact) mass is 236 g/mol. The number of anilines is 2. The molecule has 1 aromatic heterocycles. The summed E-state index contributed by atoms with van der Waals surface area (Å²) in [6.45, 7) is 3.53. The van der Waals surface area contributed by atoms with E-state index in [4.69, 9.17) is 5.73 Å². The van der Waals surface area contributed by atoms with Crippen LogP contribution in [0.15, 0.2) is 18.3 Å². The minimum absolute atomic E-state index is 0.0217. The van der Waals surface area contributed by atoms with Gasteiger partial charge in [0.25, 0.3) is 0 Å². The second kappa shape index (κ2) is 7.62. The van der Waals surface area contributed by atoms with Gasteiger partial charge in [0.15, 0.2) is 0 Å². The highest BCUT2D eigenvalue weighted by Gasteiger charge is 2.01. The summed E-state index contributed by atoms with van der Waals surface area (Å²) in [6, 6.07) is 3.69. The van der Waals surface area contributed by atoms with Gasteiger partial charge in [-0.1, -0.05) is 6.92 Å². The van der Waals surface area contributed by atoms with E-state index in [0.29, 0.717) is 25.1 Å². The predicted octanol–water partition coefficient (Wildman–Crippen LogP) is 1.58. The number of pyridine rings is 1. The Balaban J connectivity index is 2.42. The third kappa shape index (κ3) is 5.31. The molecule has 1 heterocycles. The Hall–Kier alpha value is -1.62. The Labute approximate surface area is 102 Å². The van der Waals surface area contributed by atoms with Crippen LogP contribution in [0.1, 0.15) is 26.2 Å². The summed E-state index contributed by atoms with van der Waals surface area (Å²) in [5, 5.41) is 5.94. The van der Waals surface area contributed by atoms with Crippen molar-refractivity contribution < 1.29 is 4.79 Å². The molecule has 1 aromatic rings. The lowest BCUT2D eigenvalue weighted by molar-refractivity contribution is -0.116. The summed E-state index contributed by atoms with van der Waals surface area (Å²) in [6.07, 6.45) is 3.86. The van der Waals surface area contributed by atoms with Gasteiger partial charge in [-0.05, 0) is 31.5 Å². The van der Waals surface area contributed by atoms with Crippen LogP contribution < -0.4 is 16.4 Å². The number of nitrogens with one attached hydrogen (secondary N) is 2. The van der Waals surface area contributed by atoms with Crippen LogP contribution in [-0.2, 0) is 4.79 Å². The molecule has 0 unspecified atom stereocenters. The van der Waals surface area contributed by atoms with Crippen LogP contribution in [0.25, 0.3) is 0 Å². The lowest BCUT2D eigenvalue weighted by Crippen LogP contribution is -2.13. The number of carbonyl (C=O) groups excluding carboxylic acids is 1. The van der Waals surface area contributed by atoms with Gasteiger partial charge in [-0.25, -0.2) is 4.98 Å². The highest BCUT2D eigenvalue weighted by molar-refractivity contribution is 5.90. The molecule has 0 fully saturated rings. The van der Waals surface area contributed by atoms with Crippen molar-refractivity contribution in [2.75, 3.05) is 23.7 Å². The van der Waals surface area contributed by atoms with Gasteiger partial charge in [0.2, 0.25) is 5.91 Å². The lowest BCUT2D eigenvalue weighted by atomic mass is 10.3. The fraction of sp³-hybridized carbons (Fsp3) is 0.500. The first-order valence-corrected chi connectivity index (χ1v) is 5.96. The quantitative estimate of drug-likeness (QED) is 0.671. The molecular weight excluding hydrogens is 216 g/mol. The Morgan fingerprint density at radius 1 is 1.47 bits per heavy atom. The first kappa shape index (κ1) is 13.4. The molecule has 1 amide bonds. The average molecular weight is 236 g/mol. The number of nitrogens with two attached hydrogens (primary N) is 1. The SMILES string of the molecule is CCCNc1ccc(NC(=O)CCCN)cn1. The predicted molar refractivity (Wildman–Crippen MR) is 69.9 cm³/mol. The molecule has 1 rings (SSSR count). The minimum Gasteiger partial charge on any atom is -0.370 e. The Bertz CT molecular complexity index is 337. The van der Waals surface area contributed by atoms with E-state index in [1.807, 2.05) is 12.1 Å². The third-order valence-electron chi connectivity index (χ3n) is 2.21. The van der Waals surface area contributed by atoms with Crippen molar-refractivity contribution in [1.29, 1.82) is 0 Å². The maximum atomic E-state index is 11.4. The topological polar surface area (TPSA) is 80.0 Å². The number of rotatable bonds is 7. The number of hydrogen-bond acceptors (Lipinski definition) is 4. The maximum absolute atomic E-state index is 11.4. The minimum atomic E-state index is -0.0217. The van der Waals surface area contributed by atoms with Gasteiger partial charge >= 0.3 is 0 Å². The van der Waals surface area contributed by atoms with E-state index in [9.17, 15) is 4.79 Å². The zero-order chi connectivity index (χ0) is 12.5.